The van der Waals surface area contributed by atoms with Crippen LogP contribution in [0, 0.1) is 6.07 Å². The van der Waals surface area contributed by atoms with Gasteiger partial charge < -0.3 is 0 Å². The minimum atomic E-state index is -3.19. The molecular weight excluding hydrogens is 242 g/mol. The van der Waals surface area contributed by atoms with E-state index < -0.39 is 10.0 Å². The number of sulfonamides is 1. The number of anilines is 1. The van der Waals surface area contributed by atoms with E-state index in [0.717, 1.165) is 6.26 Å². The molecule has 0 spiro atoms. The number of nitrogens with one attached hydrogen (secondary N) is 1. The number of benzene rings is 1. The number of hydrogen-bond acceptors (Lipinski definition) is 2. The molecule has 1 aromatic carbocycles. The normalized spacial score (nSPS) is 11.2. The SMILES string of the molecule is CS(=O)(=O)Nc1cc[c]cc1Br. The molecule has 0 fully saturated rings. The van der Waals surface area contributed by atoms with E-state index in [1.165, 1.54) is 0 Å². The van der Waals surface area contributed by atoms with Crippen LogP contribution in [0.2, 0.25) is 0 Å². The van der Waals surface area contributed by atoms with Gasteiger partial charge in [-0.15, -0.1) is 0 Å². The van der Waals surface area contributed by atoms with Gasteiger partial charge in [0.1, 0.15) is 0 Å². The first-order valence-corrected chi connectivity index (χ1v) is 5.81. The van der Waals surface area contributed by atoms with Crippen LogP contribution in [-0.2, 0) is 10.0 Å². The molecule has 0 aliphatic rings. The molecule has 0 amide bonds. The fraction of sp³-hybridized carbons (Fsp3) is 0.143. The molecule has 0 atom stereocenters. The van der Waals surface area contributed by atoms with Crippen molar-refractivity contribution in [2.75, 3.05) is 11.0 Å². The molecule has 0 unspecified atom stereocenters. The van der Waals surface area contributed by atoms with Gasteiger partial charge >= 0.3 is 0 Å². The maximum Gasteiger partial charge on any atom is 0.229 e. The lowest BCUT2D eigenvalue weighted by molar-refractivity contribution is 0.607. The molecule has 1 rings (SSSR count). The third kappa shape index (κ3) is 2.83. The van der Waals surface area contributed by atoms with E-state index in [0.29, 0.717) is 10.2 Å². The molecule has 0 aromatic heterocycles. The summed E-state index contributed by atoms with van der Waals surface area (Å²) >= 11 is 3.19. The lowest BCUT2D eigenvalue weighted by Crippen LogP contribution is -2.09. The zero-order chi connectivity index (χ0) is 9.19. The maximum atomic E-state index is 10.8. The van der Waals surface area contributed by atoms with Crippen molar-refractivity contribution in [3.8, 4) is 0 Å². The highest BCUT2D eigenvalue weighted by molar-refractivity contribution is 9.10. The van der Waals surface area contributed by atoms with Gasteiger partial charge in [0.2, 0.25) is 10.0 Å². The van der Waals surface area contributed by atoms with E-state index >= 15 is 0 Å². The fourth-order valence-corrected chi connectivity index (χ4v) is 1.76. The first-order chi connectivity index (χ1) is 5.49. The van der Waals surface area contributed by atoms with Crippen molar-refractivity contribution in [3.05, 3.63) is 28.7 Å². The van der Waals surface area contributed by atoms with Crippen LogP contribution in [0.15, 0.2) is 22.7 Å². The van der Waals surface area contributed by atoms with Crippen molar-refractivity contribution >= 4 is 31.6 Å². The van der Waals surface area contributed by atoms with Crippen molar-refractivity contribution in [3.63, 3.8) is 0 Å². The van der Waals surface area contributed by atoms with Crippen LogP contribution in [0.5, 0.6) is 0 Å². The molecule has 1 radical (unpaired) electrons. The lowest BCUT2D eigenvalue weighted by Gasteiger charge is -2.04. The van der Waals surface area contributed by atoms with Crippen molar-refractivity contribution in [1.29, 1.82) is 0 Å². The second-order valence-corrected chi connectivity index (χ2v) is 4.88. The molecule has 65 valence electrons. The summed E-state index contributed by atoms with van der Waals surface area (Å²) < 4.78 is 24.7. The van der Waals surface area contributed by atoms with Gasteiger partial charge in [-0.05, 0) is 34.1 Å². The van der Waals surface area contributed by atoms with E-state index in [-0.39, 0.29) is 0 Å². The van der Waals surface area contributed by atoms with Crippen LogP contribution in [0.25, 0.3) is 0 Å². The molecule has 0 saturated heterocycles. The Labute approximate surface area is 80.0 Å². The Bertz CT molecular complexity index is 375. The summed E-state index contributed by atoms with van der Waals surface area (Å²) in [5.74, 6) is 0. The summed E-state index contributed by atoms with van der Waals surface area (Å²) in [5, 5.41) is 0. The van der Waals surface area contributed by atoms with Gasteiger partial charge in [0.15, 0.2) is 0 Å². The van der Waals surface area contributed by atoms with Crippen molar-refractivity contribution < 1.29 is 8.42 Å². The highest BCUT2D eigenvalue weighted by Gasteiger charge is 2.03. The van der Waals surface area contributed by atoms with E-state index in [1.54, 1.807) is 18.2 Å². The third-order valence-corrected chi connectivity index (χ3v) is 2.36. The molecule has 3 nitrogen and oxygen atoms in total. The Balaban J connectivity index is 2.98. The summed E-state index contributed by atoms with van der Waals surface area (Å²) in [4.78, 5) is 0. The largest absolute Gasteiger partial charge is 0.283 e. The Kier molecular flexibility index (Phi) is 2.74. The van der Waals surface area contributed by atoms with Gasteiger partial charge in [-0.25, -0.2) is 8.42 Å². The van der Waals surface area contributed by atoms with Crippen LogP contribution < -0.4 is 4.72 Å². The molecule has 12 heavy (non-hydrogen) atoms. The van der Waals surface area contributed by atoms with Crippen molar-refractivity contribution in [1.82, 2.24) is 0 Å². The van der Waals surface area contributed by atoms with Crippen molar-refractivity contribution in [2.24, 2.45) is 0 Å². The van der Waals surface area contributed by atoms with Gasteiger partial charge in [-0.2, -0.15) is 0 Å². The monoisotopic (exact) mass is 248 g/mol. The average Bonchev–Trinajstić information content (AvgIpc) is 1.91. The highest BCUT2D eigenvalue weighted by Crippen LogP contribution is 2.21. The predicted molar refractivity (Wildman–Crippen MR) is 51.4 cm³/mol. The van der Waals surface area contributed by atoms with Crippen LogP contribution in [0.3, 0.4) is 0 Å². The first kappa shape index (κ1) is 9.54. The molecule has 0 aliphatic heterocycles. The summed E-state index contributed by atoms with van der Waals surface area (Å²) in [7, 11) is -3.19. The van der Waals surface area contributed by atoms with Crippen LogP contribution in [-0.4, -0.2) is 14.7 Å². The van der Waals surface area contributed by atoms with Gasteiger partial charge in [0.05, 0.1) is 11.9 Å². The maximum absolute atomic E-state index is 10.8. The molecule has 0 heterocycles. The lowest BCUT2D eigenvalue weighted by atomic mass is 10.3. The number of hydrogen-bond donors (Lipinski definition) is 1. The van der Waals surface area contributed by atoms with Crippen molar-refractivity contribution in [2.45, 2.75) is 0 Å². The molecule has 1 N–H and O–H groups in total. The Morgan fingerprint density at radius 2 is 2.25 bits per heavy atom. The molecule has 0 bridgehead atoms. The smallest absolute Gasteiger partial charge is 0.229 e. The molecule has 0 saturated carbocycles. The van der Waals surface area contributed by atoms with E-state index in [1.807, 2.05) is 0 Å². The molecule has 0 aliphatic carbocycles. The zero-order valence-corrected chi connectivity index (χ0v) is 8.74. The minimum absolute atomic E-state index is 0.524. The highest BCUT2D eigenvalue weighted by atomic mass is 79.9. The van der Waals surface area contributed by atoms with E-state index in [2.05, 4.69) is 26.7 Å². The minimum Gasteiger partial charge on any atom is -0.283 e. The Hall–Kier alpha value is -0.550. The van der Waals surface area contributed by atoms with Crippen LogP contribution in [0.4, 0.5) is 5.69 Å². The van der Waals surface area contributed by atoms with Gasteiger partial charge in [-0.1, -0.05) is 6.07 Å². The second kappa shape index (κ2) is 3.45. The van der Waals surface area contributed by atoms with Crippen LogP contribution >= 0.6 is 15.9 Å². The summed E-state index contributed by atoms with van der Waals surface area (Å²) in [6, 6.07) is 7.72. The number of rotatable bonds is 2. The van der Waals surface area contributed by atoms with Gasteiger partial charge in [0, 0.05) is 4.47 Å². The van der Waals surface area contributed by atoms with Gasteiger partial charge in [0.25, 0.3) is 0 Å². The molecule has 1 aromatic rings. The predicted octanol–water partition coefficient (Wildman–Crippen LogP) is 1.62. The Morgan fingerprint density at radius 3 is 2.75 bits per heavy atom. The third-order valence-electron chi connectivity index (χ3n) is 1.11. The van der Waals surface area contributed by atoms with E-state index in [9.17, 15) is 8.42 Å². The summed E-state index contributed by atoms with van der Waals surface area (Å²) in [5.41, 5.74) is 0.524. The summed E-state index contributed by atoms with van der Waals surface area (Å²) in [6.45, 7) is 0. The second-order valence-electron chi connectivity index (χ2n) is 2.28. The zero-order valence-electron chi connectivity index (χ0n) is 6.33. The quantitative estimate of drug-likeness (QED) is 0.865. The summed E-state index contributed by atoms with van der Waals surface area (Å²) in [6.07, 6.45) is 1.11. The molecular formula is C7H7BrNO2S. The Morgan fingerprint density at radius 1 is 1.58 bits per heavy atom. The topological polar surface area (TPSA) is 46.2 Å². The fourth-order valence-electron chi connectivity index (χ4n) is 0.693. The average molecular weight is 249 g/mol. The number of halogens is 1. The first-order valence-electron chi connectivity index (χ1n) is 3.12. The molecule has 5 heteroatoms. The van der Waals surface area contributed by atoms with Crippen LogP contribution in [0.1, 0.15) is 0 Å². The van der Waals surface area contributed by atoms with Gasteiger partial charge in [-0.3, -0.25) is 4.72 Å². The standard InChI is InChI=1S/C7H7BrNO2S/c1-12(10,11)9-7-5-3-2-4-6(7)8/h3-5,9H,1H3. The van der Waals surface area contributed by atoms with E-state index in [4.69, 9.17) is 0 Å².